The first-order valence-corrected chi connectivity index (χ1v) is 4.67. The van der Waals surface area contributed by atoms with Gasteiger partial charge < -0.3 is 14.1 Å². The first kappa shape index (κ1) is 10.9. The quantitative estimate of drug-likeness (QED) is 0.643. The van der Waals surface area contributed by atoms with Gasteiger partial charge in [0.15, 0.2) is 0 Å². The Kier molecular flexibility index (Phi) is 2.65. The molecule has 0 aliphatic heterocycles. The molecule has 1 N–H and O–H groups in total. The molecule has 0 amide bonds. The van der Waals surface area contributed by atoms with Crippen molar-refractivity contribution < 1.29 is 19.2 Å². The van der Waals surface area contributed by atoms with E-state index in [9.17, 15) is 14.9 Å². The van der Waals surface area contributed by atoms with Gasteiger partial charge in [0.1, 0.15) is 5.69 Å². The predicted octanol–water partition coefficient (Wildman–Crippen LogP) is 1.74. The maximum Gasteiger partial charge on any atom is 0.352 e. The van der Waals surface area contributed by atoms with Crippen molar-refractivity contribution >= 4 is 11.7 Å². The van der Waals surface area contributed by atoms with Crippen LogP contribution in [-0.2, 0) is 6.54 Å². The zero-order valence-corrected chi connectivity index (χ0v) is 8.57. The minimum Gasteiger partial charge on any atom is -0.477 e. The fraction of sp³-hybridized carbons (Fsp3) is 0.100. The summed E-state index contributed by atoms with van der Waals surface area (Å²) in [5.41, 5.74) is 0.363. The van der Waals surface area contributed by atoms with E-state index < -0.39 is 10.9 Å². The molecule has 0 aromatic carbocycles. The fourth-order valence-electron chi connectivity index (χ4n) is 1.48. The topological polar surface area (TPSA) is 98.5 Å². The van der Waals surface area contributed by atoms with E-state index in [4.69, 9.17) is 9.52 Å². The molecule has 0 saturated carbocycles. The Labute approximate surface area is 95.0 Å². The smallest absolute Gasteiger partial charge is 0.352 e. The summed E-state index contributed by atoms with van der Waals surface area (Å²) >= 11 is 0. The van der Waals surface area contributed by atoms with Crippen LogP contribution < -0.4 is 0 Å². The lowest BCUT2D eigenvalue weighted by Crippen LogP contribution is -2.07. The summed E-state index contributed by atoms with van der Waals surface area (Å²) in [5, 5.41) is 19.5. The van der Waals surface area contributed by atoms with E-state index in [1.807, 2.05) is 0 Å². The molecular weight excluding hydrogens is 228 g/mol. The second kappa shape index (κ2) is 4.12. The van der Waals surface area contributed by atoms with Crippen LogP contribution in [0.25, 0.3) is 0 Å². The van der Waals surface area contributed by atoms with E-state index in [0.29, 0.717) is 0 Å². The molecule has 2 rings (SSSR count). The maximum absolute atomic E-state index is 10.9. The van der Waals surface area contributed by atoms with Crippen molar-refractivity contribution in [2.24, 2.45) is 0 Å². The molecule has 0 unspecified atom stereocenters. The molecule has 7 heteroatoms. The van der Waals surface area contributed by atoms with Crippen LogP contribution in [0.2, 0.25) is 0 Å². The van der Waals surface area contributed by atoms with Gasteiger partial charge in [-0.2, -0.15) is 0 Å². The number of rotatable bonds is 4. The zero-order chi connectivity index (χ0) is 12.4. The van der Waals surface area contributed by atoms with Crippen LogP contribution in [0.4, 0.5) is 5.69 Å². The van der Waals surface area contributed by atoms with Gasteiger partial charge in [-0.15, -0.1) is 0 Å². The van der Waals surface area contributed by atoms with Crippen molar-refractivity contribution in [2.45, 2.75) is 6.54 Å². The summed E-state index contributed by atoms with van der Waals surface area (Å²) in [4.78, 5) is 20.9. The number of aromatic nitrogens is 1. The van der Waals surface area contributed by atoms with Crippen molar-refractivity contribution in [3.05, 3.63) is 52.2 Å². The third-order valence-electron chi connectivity index (χ3n) is 2.25. The Morgan fingerprint density at radius 3 is 2.88 bits per heavy atom. The molecule has 88 valence electrons. The molecular formula is C10H8N2O5. The molecule has 0 aliphatic carbocycles. The summed E-state index contributed by atoms with van der Waals surface area (Å²) in [6, 6.07) is 2.69. The van der Waals surface area contributed by atoms with E-state index in [-0.39, 0.29) is 17.9 Å². The van der Waals surface area contributed by atoms with Crippen molar-refractivity contribution in [3.8, 4) is 0 Å². The van der Waals surface area contributed by atoms with Crippen molar-refractivity contribution in [2.75, 3.05) is 0 Å². The second-order valence-corrected chi connectivity index (χ2v) is 3.41. The van der Waals surface area contributed by atoms with Gasteiger partial charge in [0.05, 0.1) is 30.2 Å². The number of nitro groups is 1. The van der Waals surface area contributed by atoms with E-state index >= 15 is 0 Å². The van der Waals surface area contributed by atoms with Crippen LogP contribution >= 0.6 is 0 Å². The second-order valence-electron chi connectivity index (χ2n) is 3.41. The number of hydrogen-bond donors (Lipinski definition) is 1. The Morgan fingerprint density at radius 1 is 1.59 bits per heavy atom. The standard InChI is InChI=1S/C10H8N2O5/c13-10(14)9-3-8(12(15)16)5-11(9)4-7-1-2-17-6-7/h1-3,5-6H,4H2,(H,13,14). The minimum atomic E-state index is -1.21. The zero-order valence-electron chi connectivity index (χ0n) is 8.57. The number of hydrogen-bond acceptors (Lipinski definition) is 4. The number of carboxylic acids is 1. The number of carboxylic acid groups (broad SMARTS) is 1. The van der Waals surface area contributed by atoms with Gasteiger partial charge in [-0.25, -0.2) is 4.79 Å². The first-order chi connectivity index (χ1) is 8.08. The summed E-state index contributed by atoms with van der Waals surface area (Å²) in [6.45, 7) is 0.214. The highest BCUT2D eigenvalue weighted by Crippen LogP contribution is 2.18. The van der Waals surface area contributed by atoms with Crippen LogP contribution in [0.15, 0.2) is 35.3 Å². The van der Waals surface area contributed by atoms with Gasteiger partial charge >= 0.3 is 5.97 Å². The Bertz CT molecular complexity index is 555. The summed E-state index contributed by atoms with van der Waals surface area (Å²) in [6.07, 6.45) is 4.10. The molecule has 0 atom stereocenters. The Morgan fingerprint density at radius 2 is 2.35 bits per heavy atom. The van der Waals surface area contributed by atoms with E-state index in [1.54, 1.807) is 6.07 Å². The minimum absolute atomic E-state index is 0.127. The number of nitrogens with zero attached hydrogens (tertiary/aromatic N) is 2. The highest BCUT2D eigenvalue weighted by atomic mass is 16.6. The van der Waals surface area contributed by atoms with E-state index in [1.165, 1.54) is 23.3 Å². The van der Waals surface area contributed by atoms with Crippen LogP contribution in [0.1, 0.15) is 16.1 Å². The van der Waals surface area contributed by atoms with Gasteiger partial charge in [0.25, 0.3) is 5.69 Å². The van der Waals surface area contributed by atoms with Crippen LogP contribution in [0.5, 0.6) is 0 Å². The molecule has 0 fully saturated rings. The highest BCUT2D eigenvalue weighted by molar-refractivity contribution is 5.86. The van der Waals surface area contributed by atoms with E-state index in [0.717, 1.165) is 11.6 Å². The summed E-state index contributed by atoms with van der Waals surface area (Å²) in [5.74, 6) is -1.21. The van der Waals surface area contributed by atoms with Gasteiger partial charge in [-0.05, 0) is 6.07 Å². The lowest BCUT2D eigenvalue weighted by atomic mass is 10.3. The molecule has 0 bridgehead atoms. The van der Waals surface area contributed by atoms with Crippen molar-refractivity contribution in [1.29, 1.82) is 0 Å². The predicted molar refractivity (Wildman–Crippen MR) is 55.9 cm³/mol. The molecule has 0 saturated heterocycles. The van der Waals surface area contributed by atoms with Gasteiger partial charge in [0.2, 0.25) is 0 Å². The van der Waals surface area contributed by atoms with E-state index in [2.05, 4.69) is 0 Å². The Hall–Kier alpha value is -2.57. The molecule has 2 aromatic heterocycles. The number of furan rings is 1. The molecule has 0 radical (unpaired) electrons. The Balaban J connectivity index is 2.37. The third kappa shape index (κ3) is 2.17. The molecule has 2 heterocycles. The summed E-state index contributed by atoms with van der Waals surface area (Å²) in [7, 11) is 0. The molecule has 17 heavy (non-hydrogen) atoms. The highest BCUT2D eigenvalue weighted by Gasteiger charge is 2.18. The average Bonchev–Trinajstić information content (AvgIpc) is 2.87. The van der Waals surface area contributed by atoms with Crippen LogP contribution in [0, 0.1) is 10.1 Å². The largest absolute Gasteiger partial charge is 0.477 e. The fourth-order valence-corrected chi connectivity index (χ4v) is 1.48. The maximum atomic E-state index is 10.9. The molecule has 2 aromatic rings. The summed E-state index contributed by atoms with van der Waals surface area (Å²) < 4.78 is 6.14. The average molecular weight is 236 g/mol. The first-order valence-electron chi connectivity index (χ1n) is 4.67. The van der Waals surface area contributed by atoms with Gasteiger partial charge in [-0.1, -0.05) is 0 Å². The lowest BCUT2D eigenvalue weighted by Gasteiger charge is -2.02. The van der Waals surface area contributed by atoms with Crippen molar-refractivity contribution in [1.82, 2.24) is 4.57 Å². The van der Waals surface area contributed by atoms with Gasteiger partial charge in [0, 0.05) is 11.6 Å². The van der Waals surface area contributed by atoms with Gasteiger partial charge in [-0.3, -0.25) is 10.1 Å². The van der Waals surface area contributed by atoms with Crippen LogP contribution in [-0.4, -0.2) is 20.6 Å². The molecule has 0 spiro atoms. The van der Waals surface area contributed by atoms with Crippen molar-refractivity contribution in [3.63, 3.8) is 0 Å². The molecule has 0 aliphatic rings. The third-order valence-corrected chi connectivity index (χ3v) is 2.25. The molecule has 7 nitrogen and oxygen atoms in total. The SMILES string of the molecule is O=C(O)c1cc([N+](=O)[O-])cn1Cc1ccoc1. The van der Waals surface area contributed by atoms with Crippen LogP contribution in [0.3, 0.4) is 0 Å². The number of aromatic carboxylic acids is 1. The monoisotopic (exact) mass is 236 g/mol. The normalized spacial score (nSPS) is 10.4. The lowest BCUT2D eigenvalue weighted by molar-refractivity contribution is -0.384. The number of carbonyl (C=O) groups is 1.